The van der Waals surface area contributed by atoms with Gasteiger partial charge < -0.3 is 5.32 Å². The van der Waals surface area contributed by atoms with Crippen molar-refractivity contribution in [2.45, 2.75) is 38.8 Å². The Balaban J connectivity index is 2.00. The van der Waals surface area contributed by atoms with Crippen LogP contribution >= 0.6 is 0 Å². The first kappa shape index (κ1) is 17.3. The van der Waals surface area contributed by atoms with Crippen molar-refractivity contribution >= 4 is 10.0 Å². The van der Waals surface area contributed by atoms with Gasteiger partial charge in [0.05, 0.1) is 24.2 Å². The Bertz CT molecular complexity index is 581. The first-order valence-electron chi connectivity index (χ1n) is 7.60. The lowest BCUT2D eigenvalue weighted by molar-refractivity contribution is 0.254. The van der Waals surface area contributed by atoms with Crippen molar-refractivity contribution in [2.24, 2.45) is 5.92 Å². The van der Waals surface area contributed by atoms with Gasteiger partial charge in [0.2, 0.25) is 10.0 Å². The van der Waals surface area contributed by atoms with E-state index >= 15 is 0 Å². The number of piperidine rings is 1. The molecule has 1 atom stereocenters. The molecule has 0 amide bonds. The zero-order valence-electron chi connectivity index (χ0n) is 13.3. The predicted molar refractivity (Wildman–Crippen MR) is 84.3 cm³/mol. The summed E-state index contributed by atoms with van der Waals surface area (Å²) in [6, 6.07) is 3.41. The van der Waals surface area contributed by atoms with E-state index in [1.807, 2.05) is 0 Å². The second-order valence-corrected chi connectivity index (χ2v) is 8.21. The van der Waals surface area contributed by atoms with Crippen molar-refractivity contribution < 1.29 is 12.8 Å². The molecule has 1 aliphatic rings. The van der Waals surface area contributed by atoms with Gasteiger partial charge in [-0.15, -0.1) is 0 Å². The summed E-state index contributed by atoms with van der Waals surface area (Å²) < 4.78 is 37.6. The first-order valence-corrected chi connectivity index (χ1v) is 9.45. The van der Waals surface area contributed by atoms with E-state index in [0.717, 1.165) is 18.5 Å². The maximum atomic E-state index is 13.0. The van der Waals surface area contributed by atoms with Gasteiger partial charge in [-0.25, -0.2) is 17.1 Å². The molecule has 2 rings (SSSR count). The molecular weight excluding hydrogens is 305 g/mol. The van der Waals surface area contributed by atoms with Gasteiger partial charge in [-0.05, 0) is 30.9 Å². The molecule has 2 heterocycles. The van der Waals surface area contributed by atoms with E-state index in [-0.39, 0.29) is 17.9 Å². The molecule has 1 N–H and O–H groups in total. The van der Waals surface area contributed by atoms with Crippen LogP contribution in [0.4, 0.5) is 4.39 Å². The van der Waals surface area contributed by atoms with Gasteiger partial charge in [0.25, 0.3) is 0 Å². The molecule has 0 spiro atoms. The highest BCUT2D eigenvalue weighted by molar-refractivity contribution is 7.88. The summed E-state index contributed by atoms with van der Waals surface area (Å²) >= 11 is 0. The molecule has 1 saturated heterocycles. The number of rotatable bonds is 5. The highest BCUT2D eigenvalue weighted by Gasteiger charge is 2.27. The van der Waals surface area contributed by atoms with Crippen LogP contribution in [0.25, 0.3) is 0 Å². The number of hydrogen-bond acceptors (Lipinski definition) is 4. The van der Waals surface area contributed by atoms with E-state index in [2.05, 4.69) is 24.1 Å². The van der Waals surface area contributed by atoms with Gasteiger partial charge in [0.15, 0.2) is 0 Å². The Kier molecular flexibility index (Phi) is 5.52. The summed E-state index contributed by atoms with van der Waals surface area (Å²) in [4.78, 5) is 4.18. The van der Waals surface area contributed by atoms with E-state index in [4.69, 9.17) is 0 Å². The number of sulfonamides is 1. The molecule has 1 fully saturated rings. The minimum Gasteiger partial charge on any atom is -0.306 e. The molecule has 1 aromatic rings. The van der Waals surface area contributed by atoms with Gasteiger partial charge in [0, 0.05) is 19.1 Å². The predicted octanol–water partition coefficient (Wildman–Crippen LogP) is 1.93. The van der Waals surface area contributed by atoms with Crippen LogP contribution in [0.1, 0.15) is 38.4 Å². The zero-order valence-corrected chi connectivity index (χ0v) is 14.1. The largest absolute Gasteiger partial charge is 0.306 e. The third-order valence-corrected chi connectivity index (χ3v) is 5.38. The van der Waals surface area contributed by atoms with E-state index in [0.29, 0.717) is 19.0 Å². The summed E-state index contributed by atoms with van der Waals surface area (Å²) in [6.45, 7) is 5.26. The maximum absolute atomic E-state index is 13.0. The Morgan fingerprint density at radius 3 is 2.41 bits per heavy atom. The quantitative estimate of drug-likeness (QED) is 0.897. The number of aromatic nitrogens is 1. The average Bonchev–Trinajstić information content (AvgIpc) is 2.45. The highest BCUT2D eigenvalue weighted by atomic mass is 32.2. The van der Waals surface area contributed by atoms with E-state index in [1.54, 1.807) is 6.07 Å². The molecule has 0 saturated carbocycles. The van der Waals surface area contributed by atoms with Crippen molar-refractivity contribution in [3.05, 3.63) is 29.8 Å². The van der Waals surface area contributed by atoms with E-state index < -0.39 is 10.0 Å². The lowest BCUT2D eigenvalue weighted by atomic mass is 9.97. The van der Waals surface area contributed by atoms with Crippen molar-refractivity contribution in [3.8, 4) is 0 Å². The number of nitrogens with zero attached hydrogens (tertiary/aromatic N) is 2. The molecule has 0 radical (unpaired) electrons. The molecule has 0 bridgehead atoms. The van der Waals surface area contributed by atoms with Gasteiger partial charge in [0.1, 0.15) is 5.82 Å². The zero-order chi connectivity index (χ0) is 16.3. The van der Waals surface area contributed by atoms with Crippen LogP contribution in [0.2, 0.25) is 0 Å². The number of hydrogen-bond donors (Lipinski definition) is 1. The fourth-order valence-electron chi connectivity index (χ4n) is 2.80. The monoisotopic (exact) mass is 329 g/mol. The van der Waals surface area contributed by atoms with Crippen LogP contribution in [0.5, 0.6) is 0 Å². The first-order chi connectivity index (χ1) is 10.3. The molecule has 1 aromatic heterocycles. The molecule has 0 aromatic carbocycles. The molecule has 1 aliphatic heterocycles. The van der Waals surface area contributed by atoms with Gasteiger partial charge >= 0.3 is 0 Å². The second kappa shape index (κ2) is 7.02. The van der Waals surface area contributed by atoms with E-state index in [9.17, 15) is 12.8 Å². The summed E-state index contributed by atoms with van der Waals surface area (Å²) in [5.74, 6) is -0.0291. The van der Waals surface area contributed by atoms with Crippen LogP contribution in [0.15, 0.2) is 18.3 Å². The van der Waals surface area contributed by atoms with Crippen molar-refractivity contribution in [3.63, 3.8) is 0 Å². The molecule has 7 heteroatoms. The van der Waals surface area contributed by atoms with Crippen molar-refractivity contribution in [1.29, 1.82) is 0 Å². The number of nitrogens with one attached hydrogen (secondary N) is 1. The van der Waals surface area contributed by atoms with Gasteiger partial charge in [-0.2, -0.15) is 0 Å². The summed E-state index contributed by atoms with van der Waals surface area (Å²) in [7, 11) is -3.10. The van der Waals surface area contributed by atoms with Crippen LogP contribution in [0, 0.1) is 11.7 Å². The molecule has 5 nitrogen and oxygen atoms in total. The Morgan fingerprint density at radius 2 is 1.95 bits per heavy atom. The fraction of sp³-hybridized carbons (Fsp3) is 0.667. The standard InChI is InChI=1S/C15H24FN3O2S/c1-11(2)15(14-5-4-12(16)10-17-14)18-13-6-8-19(9-7-13)22(3,20)21/h4-5,10-11,13,15,18H,6-9H2,1-3H3/t15-/m1/s1. The normalized spacial score (nSPS) is 19.5. The van der Waals surface area contributed by atoms with Crippen LogP contribution in [-0.4, -0.2) is 43.1 Å². The fourth-order valence-corrected chi connectivity index (χ4v) is 3.67. The van der Waals surface area contributed by atoms with Crippen LogP contribution in [0.3, 0.4) is 0 Å². The van der Waals surface area contributed by atoms with E-state index in [1.165, 1.54) is 22.8 Å². The molecule has 124 valence electrons. The highest BCUT2D eigenvalue weighted by Crippen LogP contribution is 2.23. The third kappa shape index (κ3) is 4.47. The van der Waals surface area contributed by atoms with Crippen LogP contribution in [-0.2, 0) is 10.0 Å². The molecule has 0 unspecified atom stereocenters. The number of halogens is 1. The smallest absolute Gasteiger partial charge is 0.211 e. The van der Waals surface area contributed by atoms with Crippen LogP contribution < -0.4 is 5.32 Å². The lowest BCUT2D eigenvalue weighted by Gasteiger charge is -2.34. The lowest BCUT2D eigenvalue weighted by Crippen LogP contribution is -2.46. The average molecular weight is 329 g/mol. The Labute approximate surface area is 132 Å². The molecule has 0 aliphatic carbocycles. The third-order valence-electron chi connectivity index (χ3n) is 4.07. The Hall–Kier alpha value is -1.05. The Morgan fingerprint density at radius 1 is 1.32 bits per heavy atom. The minimum absolute atomic E-state index is 0.0374. The maximum Gasteiger partial charge on any atom is 0.211 e. The molecular formula is C15H24FN3O2S. The van der Waals surface area contributed by atoms with Crippen molar-refractivity contribution in [1.82, 2.24) is 14.6 Å². The minimum atomic E-state index is -3.10. The van der Waals surface area contributed by atoms with Crippen molar-refractivity contribution in [2.75, 3.05) is 19.3 Å². The molecule has 22 heavy (non-hydrogen) atoms. The number of pyridine rings is 1. The second-order valence-electron chi connectivity index (χ2n) is 6.23. The van der Waals surface area contributed by atoms with Gasteiger partial charge in [-0.1, -0.05) is 13.8 Å². The summed E-state index contributed by atoms with van der Waals surface area (Å²) in [5.41, 5.74) is 0.821. The summed E-state index contributed by atoms with van der Waals surface area (Å²) in [5, 5.41) is 3.56. The summed E-state index contributed by atoms with van der Waals surface area (Å²) in [6.07, 6.45) is 4.04. The topological polar surface area (TPSA) is 62.3 Å². The van der Waals surface area contributed by atoms with Gasteiger partial charge in [-0.3, -0.25) is 4.98 Å². The SMILES string of the molecule is CC(C)[C@@H](NC1CCN(S(C)(=O)=O)CC1)c1ccc(F)cn1.